The monoisotopic (exact) mass is 1270 g/mol. The highest BCUT2D eigenvalue weighted by molar-refractivity contribution is 6.44. The number of aromatic nitrogens is 3. The molecule has 2 saturated carbocycles. The zero-order valence-electron chi connectivity index (χ0n) is 53.8. The minimum Gasteiger partial charge on any atom is -0.444 e. The first kappa shape index (κ1) is 70.5. The van der Waals surface area contributed by atoms with Crippen molar-refractivity contribution in [3.8, 4) is 0 Å². The van der Waals surface area contributed by atoms with Gasteiger partial charge >= 0.3 is 12.2 Å². The third kappa shape index (κ3) is 25.7. The Balaban J connectivity index is 0.000000171. The first-order valence-corrected chi connectivity index (χ1v) is 33.4. The number of hydrogen-bond acceptors (Lipinski definition) is 13. The van der Waals surface area contributed by atoms with Gasteiger partial charge in [-0.1, -0.05) is 30.3 Å². The Morgan fingerprint density at radius 3 is 1.55 bits per heavy atom. The number of hydrogen-bond donors (Lipinski definition) is 1. The van der Waals surface area contributed by atoms with E-state index in [1.165, 1.54) is 37.8 Å². The Kier molecular flexibility index (Phi) is 28.2. The normalized spacial score (nSPS) is 21.8. The molecular formula is C69H99Cl2N9O9. The van der Waals surface area contributed by atoms with Gasteiger partial charge in [-0.3, -0.25) is 29.3 Å². The van der Waals surface area contributed by atoms with E-state index in [2.05, 4.69) is 62.4 Å². The van der Waals surface area contributed by atoms with E-state index in [0.717, 1.165) is 121 Å². The Morgan fingerprint density at radius 2 is 1.10 bits per heavy atom. The number of carbonyl (C=O) groups is 5. The lowest BCUT2D eigenvalue weighted by Crippen LogP contribution is -2.47. The molecule has 0 spiro atoms. The predicted octanol–water partition coefficient (Wildman–Crippen LogP) is 13.1. The van der Waals surface area contributed by atoms with E-state index in [9.17, 15) is 24.0 Å². The van der Waals surface area contributed by atoms with Crippen LogP contribution in [0.1, 0.15) is 144 Å². The van der Waals surface area contributed by atoms with Gasteiger partial charge < -0.3 is 48.8 Å². The van der Waals surface area contributed by atoms with Crippen molar-refractivity contribution in [2.24, 2.45) is 29.6 Å². The van der Waals surface area contributed by atoms with E-state index in [0.29, 0.717) is 49.8 Å². The van der Waals surface area contributed by atoms with Gasteiger partial charge in [0.15, 0.2) is 0 Å². The quantitative estimate of drug-likeness (QED) is 0.118. The van der Waals surface area contributed by atoms with E-state index in [1.54, 1.807) is 52.9 Å². The molecule has 2 aliphatic carbocycles. The topological polar surface area (TPSA) is 189 Å². The lowest BCUT2D eigenvalue weighted by atomic mass is 9.96. The Morgan fingerprint density at radius 1 is 0.584 bits per heavy atom. The summed E-state index contributed by atoms with van der Waals surface area (Å²) in [5.41, 5.74) is 2.85. The Hall–Kier alpha value is -5.92. The second kappa shape index (κ2) is 35.6. The molecule has 5 aliphatic heterocycles. The molecule has 3 aromatic heterocycles. The fourth-order valence-corrected chi connectivity index (χ4v) is 11.7. The van der Waals surface area contributed by atoms with Crippen molar-refractivity contribution in [2.45, 2.75) is 173 Å². The minimum absolute atomic E-state index is 0.0822. The molecule has 488 valence electrons. The average Bonchev–Trinajstić information content (AvgIpc) is 4.47. The van der Waals surface area contributed by atoms with Crippen LogP contribution >= 0.6 is 23.2 Å². The van der Waals surface area contributed by atoms with Gasteiger partial charge in [0.25, 0.3) is 0 Å². The van der Waals surface area contributed by atoms with E-state index < -0.39 is 11.2 Å². The number of nitrogens with one attached hydrogen (secondary N) is 1. The lowest BCUT2D eigenvalue weighted by molar-refractivity contribution is -0.121. The molecule has 18 nitrogen and oxygen atoms in total. The second-order valence-electron chi connectivity index (χ2n) is 26.6. The van der Waals surface area contributed by atoms with Crippen LogP contribution in [0.3, 0.4) is 0 Å². The number of ether oxygens (including phenoxy) is 4. The van der Waals surface area contributed by atoms with Crippen LogP contribution in [0.5, 0.6) is 0 Å². The molecule has 1 aromatic carbocycles. The number of anilines is 3. The summed E-state index contributed by atoms with van der Waals surface area (Å²) in [6, 6.07) is 22.0. The van der Waals surface area contributed by atoms with Crippen LogP contribution in [-0.2, 0) is 39.8 Å². The molecule has 5 atom stereocenters. The summed E-state index contributed by atoms with van der Waals surface area (Å²) in [5.74, 6) is 1.36. The maximum absolute atomic E-state index is 12.9. The Labute approximate surface area is 539 Å². The number of carbonyl (C=O) groups excluding carboxylic acids is 5. The minimum atomic E-state index is -0.526. The average molecular weight is 1270 g/mol. The predicted molar refractivity (Wildman–Crippen MR) is 351 cm³/mol. The highest BCUT2D eigenvalue weighted by atomic mass is 35.5. The number of alkyl halides is 2. The molecule has 1 N–H and O–H groups in total. The van der Waals surface area contributed by atoms with E-state index in [1.807, 2.05) is 81.8 Å². The first-order chi connectivity index (χ1) is 42.7. The highest BCUT2D eigenvalue weighted by Crippen LogP contribution is 2.35. The third-order valence-electron chi connectivity index (χ3n) is 16.3. The van der Waals surface area contributed by atoms with Crippen LogP contribution in [0, 0.1) is 29.6 Å². The summed E-state index contributed by atoms with van der Waals surface area (Å²) in [6.07, 6.45) is 26.1. The molecule has 8 heterocycles. The van der Waals surface area contributed by atoms with Crippen LogP contribution < -0.4 is 15.1 Å². The summed E-state index contributed by atoms with van der Waals surface area (Å²) in [6.45, 7) is 22.2. The van der Waals surface area contributed by atoms with Crippen molar-refractivity contribution < 1.29 is 42.9 Å². The summed E-state index contributed by atoms with van der Waals surface area (Å²) in [5, 5.41) is 2.84. The van der Waals surface area contributed by atoms with Crippen molar-refractivity contribution in [2.75, 3.05) is 87.2 Å². The Bertz CT molecular complexity index is 2740. The molecule has 11 rings (SSSR count). The molecule has 5 unspecified atom stereocenters. The van der Waals surface area contributed by atoms with Crippen LogP contribution in [0.15, 0.2) is 104 Å². The van der Waals surface area contributed by atoms with Crippen LogP contribution in [0.2, 0.25) is 0 Å². The largest absolute Gasteiger partial charge is 0.444 e. The van der Waals surface area contributed by atoms with Gasteiger partial charge in [-0.2, -0.15) is 0 Å². The maximum Gasteiger partial charge on any atom is 0.410 e. The molecule has 20 heteroatoms. The highest BCUT2D eigenvalue weighted by Gasteiger charge is 2.38. The molecule has 5 amide bonds. The molecule has 7 fully saturated rings. The maximum atomic E-state index is 12.9. The van der Waals surface area contributed by atoms with Gasteiger partial charge in [0.2, 0.25) is 17.7 Å². The molecule has 7 aliphatic rings. The van der Waals surface area contributed by atoms with E-state index in [-0.39, 0.29) is 58.6 Å². The zero-order valence-corrected chi connectivity index (χ0v) is 55.3. The smallest absolute Gasteiger partial charge is 0.410 e. The molecule has 0 radical (unpaired) electrons. The van der Waals surface area contributed by atoms with Crippen molar-refractivity contribution in [1.82, 2.24) is 29.7 Å². The number of piperidine rings is 3. The third-order valence-corrected chi connectivity index (χ3v) is 16.9. The molecule has 5 saturated heterocycles. The van der Waals surface area contributed by atoms with Crippen LogP contribution in [-0.4, -0.2) is 160 Å². The SMILES string of the molecule is CC(C)(C)OC(=O)N1CCCC(C(=O)Nc2cccnc2)C1.CC(C)(C)OC(=O)N1CCCC(CN(C(=O)C2CC2)c2cccnc2)C1.CC1CCCO1.ClC(Cl)C1CCCO1.O=C(C1CC1)N(CC1CCCN(CCc2ccccc2)C1)c1cccnc1. The van der Waals surface area contributed by atoms with E-state index in [4.69, 9.17) is 42.1 Å². The van der Waals surface area contributed by atoms with Crippen molar-refractivity contribution in [3.63, 3.8) is 0 Å². The molecule has 89 heavy (non-hydrogen) atoms. The van der Waals surface area contributed by atoms with Gasteiger partial charge in [0, 0.05) is 96.0 Å². The summed E-state index contributed by atoms with van der Waals surface area (Å²) in [7, 11) is 0. The zero-order chi connectivity index (χ0) is 63.8. The standard InChI is InChI=1S/C23H29N3O.C20H29N3O3.C16H23N3O3.C5H8Cl2O.C5H10O/c27-23(21-10-11-21)26(22-9-4-13-24-16-22)18-20-8-5-14-25(17-20)15-12-19-6-2-1-3-7-19;1-20(2,3)26-19(25)22-11-5-6-15(13-22)14-23(18(24)16-8-9-16)17-7-4-10-21-12-17;1-16(2,3)22-15(21)19-9-5-6-12(11-19)14(20)18-13-7-4-8-17-10-13;6-5(7)4-2-1-3-8-4;1-5-3-2-4-6-5/h1-4,6-7,9,13,16,20-21H,5,8,10-12,14-15,17-18H2;4,7,10,12,15-16H,5-6,8-9,11,13-14H2,1-3H3;4,7-8,10,12H,5-6,9,11H2,1-3H3,(H,18,20);4-5H,1-3H2;5H,2-4H2,1H3. The van der Waals surface area contributed by atoms with Crippen LogP contribution in [0.4, 0.5) is 26.7 Å². The van der Waals surface area contributed by atoms with Gasteiger partial charge in [0.05, 0.1) is 53.8 Å². The fraction of sp³-hybridized carbons (Fsp3) is 0.623. The number of rotatable bonds is 14. The summed E-state index contributed by atoms with van der Waals surface area (Å²) >= 11 is 11.0. The molecular weight excluding hydrogens is 1170 g/mol. The van der Waals surface area contributed by atoms with Crippen molar-refractivity contribution >= 4 is 70.2 Å². The number of nitrogens with zero attached hydrogens (tertiary/aromatic N) is 8. The van der Waals surface area contributed by atoms with Gasteiger partial charge in [-0.25, -0.2) is 9.59 Å². The number of pyridine rings is 3. The number of likely N-dealkylation sites (tertiary alicyclic amines) is 3. The molecule has 4 aromatic rings. The number of benzene rings is 1. The summed E-state index contributed by atoms with van der Waals surface area (Å²) in [4.78, 5) is 84.3. The van der Waals surface area contributed by atoms with Gasteiger partial charge in [-0.05, 0) is 205 Å². The fourth-order valence-electron chi connectivity index (χ4n) is 11.3. The first-order valence-electron chi connectivity index (χ1n) is 32.5. The van der Waals surface area contributed by atoms with Crippen LogP contribution in [0.25, 0.3) is 0 Å². The van der Waals surface area contributed by atoms with E-state index >= 15 is 0 Å². The number of halogens is 2. The van der Waals surface area contributed by atoms with Gasteiger partial charge in [-0.15, -0.1) is 23.2 Å². The number of amides is 5. The lowest BCUT2D eigenvalue weighted by Gasteiger charge is -2.36. The van der Waals surface area contributed by atoms with Crippen molar-refractivity contribution in [1.29, 1.82) is 0 Å². The van der Waals surface area contributed by atoms with Gasteiger partial charge in [0.1, 0.15) is 16.0 Å². The molecule has 0 bridgehead atoms. The second-order valence-corrected chi connectivity index (χ2v) is 27.7. The van der Waals surface area contributed by atoms with Crippen molar-refractivity contribution in [3.05, 3.63) is 109 Å². The summed E-state index contributed by atoms with van der Waals surface area (Å²) < 4.78 is 21.2.